The van der Waals surface area contributed by atoms with Crippen molar-refractivity contribution in [1.29, 1.82) is 0 Å². The maximum absolute atomic E-state index is 13.0. The van der Waals surface area contributed by atoms with Crippen molar-refractivity contribution in [3.63, 3.8) is 0 Å². The van der Waals surface area contributed by atoms with Gasteiger partial charge in [-0.05, 0) is 48.7 Å². The largest absolute Gasteiger partial charge is 0.496 e. The van der Waals surface area contributed by atoms with Crippen LogP contribution in [0.1, 0.15) is 28.8 Å². The summed E-state index contributed by atoms with van der Waals surface area (Å²) in [6.45, 7) is 0.391. The van der Waals surface area contributed by atoms with Gasteiger partial charge < -0.3 is 14.4 Å². The molecular formula is C20H19ClN2O6. The highest BCUT2D eigenvalue weighted by Gasteiger charge is 2.36. The number of likely N-dealkylation sites (tertiary alicyclic amines) is 1. The van der Waals surface area contributed by atoms with Crippen molar-refractivity contribution >= 4 is 29.2 Å². The number of amides is 1. The minimum absolute atomic E-state index is 0.0319. The first-order chi connectivity index (χ1) is 13.9. The number of nitro groups is 1. The highest BCUT2D eigenvalue weighted by Crippen LogP contribution is 2.28. The summed E-state index contributed by atoms with van der Waals surface area (Å²) in [4.78, 5) is 37.2. The number of ether oxygens (including phenoxy) is 2. The molecule has 1 aliphatic heterocycles. The lowest BCUT2D eigenvalue weighted by molar-refractivity contribution is -0.384. The smallest absolute Gasteiger partial charge is 0.329 e. The van der Waals surface area contributed by atoms with Crippen molar-refractivity contribution in [1.82, 2.24) is 4.90 Å². The normalized spacial score (nSPS) is 15.8. The van der Waals surface area contributed by atoms with Gasteiger partial charge in [-0.2, -0.15) is 0 Å². The molecule has 0 radical (unpaired) electrons. The SMILES string of the molecule is COc1ccc(Cl)cc1C(=O)N1CCCC1C(=O)OCc1ccc([N+](=O)[O-])cc1. The fourth-order valence-electron chi connectivity index (χ4n) is 3.22. The average Bonchev–Trinajstić information content (AvgIpc) is 3.21. The van der Waals surface area contributed by atoms with Crippen molar-refractivity contribution in [3.8, 4) is 5.75 Å². The van der Waals surface area contributed by atoms with Crippen LogP contribution in [0.4, 0.5) is 5.69 Å². The maximum atomic E-state index is 13.0. The van der Waals surface area contributed by atoms with E-state index in [9.17, 15) is 19.7 Å². The molecule has 1 saturated heterocycles. The molecule has 8 nitrogen and oxygen atoms in total. The number of esters is 1. The molecule has 1 aliphatic rings. The van der Waals surface area contributed by atoms with Crippen molar-refractivity contribution in [2.24, 2.45) is 0 Å². The summed E-state index contributed by atoms with van der Waals surface area (Å²) in [5.74, 6) is -0.487. The van der Waals surface area contributed by atoms with E-state index >= 15 is 0 Å². The van der Waals surface area contributed by atoms with Gasteiger partial charge in [0, 0.05) is 23.7 Å². The first kappa shape index (κ1) is 20.6. The second kappa shape index (κ2) is 8.91. The molecule has 1 amide bonds. The van der Waals surface area contributed by atoms with E-state index < -0.39 is 16.9 Å². The van der Waals surface area contributed by atoms with Crippen LogP contribution in [0.3, 0.4) is 0 Å². The van der Waals surface area contributed by atoms with Gasteiger partial charge in [-0.25, -0.2) is 4.79 Å². The molecule has 3 rings (SSSR count). The molecule has 2 aromatic carbocycles. The monoisotopic (exact) mass is 418 g/mol. The minimum Gasteiger partial charge on any atom is -0.496 e. The third-order valence-electron chi connectivity index (χ3n) is 4.71. The van der Waals surface area contributed by atoms with Crippen LogP contribution >= 0.6 is 11.6 Å². The van der Waals surface area contributed by atoms with Crippen molar-refractivity contribution < 1.29 is 24.0 Å². The van der Waals surface area contributed by atoms with E-state index in [1.54, 1.807) is 12.1 Å². The predicted molar refractivity (Wildman–Crippen MR) is 105 cm³/mol. The molecule has 2 aromatic rings. The second-order valence-electron chi connectivity index (χ2n) is 6.53. The molecule has 1 unspecified atom stereocenters. The summed E-state index contributed by atoms with van der Waals surface area (Å²) >= 11 is 6.01. The Kier molecular flexibility index (Phi) is 6.33. The number of non-ortho nitro benzene ring substituents is 1. The lowest BCUT2D eigenvalue weighted by Gasteiger charge is -2.24. The molecule has 0 aliphatic carbocycles. The van der Waals surface area contributed by atoms with E-state index in [0.717, 1.165) is 0 Å². The number of carbonyl (C=O) groups is 2. The lowest BCUT2D eigenvalue weighted by Crippen LogP contribution is -2.41. The fraction of sp³-hybridized carbons (Fsp3) is 0.300. The number of nitro benzene ring substituents is 1. The van der Waals surface area contributed by atoms with Crippen LogP contribution in [-0.2, 0) is 16.1 Å². The zero-order chi connectivity index (χ0) is 21.0. The average molecular weight is 419 g/mol. The zero-order valence-corrected chi connectivity index (χ0v) is 16.4. The predicted octanol–water partition coefficient (Wildman–Crippen LogP) is 3.60. The molecule has 0 bridgehead atoms. The summed E-state index contributed by atoms with van der Waals surface area (Å²) in [6.07, 6.45) is 1.17. The number of carbonyl (C=O) groups excluding carboxylic acids is 2. The Morgan fingerprint density at radius 3 is 2.62 bits per heavy atom. The molecule has 0 spiro atoms. The third kappa shape index (κ3) is 4.65. The number of halogens is 1. The Bertz CT molecular complexity index is 931. The molecular weight excluding hydrogens is 400 g/mol. The number of benzene rings is 2. The molecule has 1 heterocycles. The van der Waals surface area contributed by atoms with Crippen molar-refractivity contribution in [3.05, 3.63) is 68.7 Å². The first-order valence-corrected chi connectivity index (χ1v) is 9.33. The van der Waals surface area contributed by atoms with Crippen LogP contribution in [0.5, 0.6) is 5.75 Å². The fourth-order valence-corrected chi connectivity index (χ4v) is 3.39. The second-order valence-corrected chi connectivity index (χ2v) is 6.97. The van der Waals surface area contributed by atoms with Crippen LogP contribution in [-0.4, -0.2) is 41.4 Å². The summed E-state index contributed by atoms with van der Waals surface area (Å²) in [5, 5.41) is 11.1. The van der Waals surface area contributed by atoms with Crippen LogP contribution in [0.25, 0.3) is 0 Å². The highest BCUT2D eigenvalue weighted by atomic mass is 35.5. The Morgan fingerprint density at radius 1 is 1.24 bits per heavy atom. The Hall–Kier alpha value is -3.13. The van der Waals surface area contributed by atoms with E-state index in [0.29, 0.717) is 35.7 Å². The summed E-state index contributed by atoms with van der Waals surface area (Å²) in [7, 11) is 1.46. The van der Waals surface area contributed by atoms with E-state index in [2.05, 4.69) is 0 Å². The number of hydrogen-bond donors (Lipinski definition) is 0. The van der Waals surface area contributed by atoms with Gasteiger partial charge >= 0.3 is 5.97 Å². The quantitative estimate of drug-likeness (QED) is 0.403. The number of rotatable bonds is 6. The molecule has 152 valence electrons. The van der Waals surface area contributed by atoms with Gasteiger partial charge in [0.05, 0.1) is 17.6 Å². The van der Waals surface area contributed by atoms with Crippen LogP contribution < -0.4 is 4.74 Å². The van der Waals surface area contributed by atoms with E-state index in [4.69, 9.17) is 21.1 Å². The standard InChI is InChI=1S/C20H19ClN2O6/c1-28-18-9-6-14(21)11-16(18)19(24)22-10-2-3-17(22)20(25)29-12-13-4-7-15(8-5-13)23(26)27/h4-9,11,17H,2-3,10,12H2,1H3. The summed E-state index contributed by atoms with van der Waals surface area (Å²) in [6, 6.07) is 9.79. The minimum atomic E-state index is -0.704. The molecule has 0 saturated carbocycles. The Labute approximate surface area is 172 Å². The van der Waals surface area contributed by atoms with Crippen molar-refractivity contribution in [2.75, 3.05) is 13.7 Å². The maximum Gasteiger partial charge on any atom is 0.329 e. The van der Waals surface area contributed by atoms with Gasteiger partial charge in [0.15, 0.2) is 0 Å². The van der Waals surface area contributed by atoms with Crippen LogP contribution in [0.2, 0.25) is 5.02 Å². The van der Waals surface area contributed by atoms with Crippen molar-refractivity contribution in [2.45, 2.75) is 25.5 Å². The third-order valence-corrected chi connectivity index (χ3v) is 4.94. The van der Waals surface area contributed by atoms with Gasteiger partial charge in [-0.3, -0.25) is 14.9 Å². The number of hydrogen-bond acceptors (Lipinski definition) is 6. The Morgan fingerprint density at radius 2 is 1.97 bits per heavy atom. The van der Waals surface area contributed by atoms with Gasteiger partial charge in [0.2, 0.25) is 0 Å². The van der Waals surface area contributed by atoms with E-state index in [1.165, 1.54) is 42.3 Å². The lowest BCUT2D eigenvalue weighted by atomic mass is 10.1. The van der Waals surface area contributed by atoms with Gasteiger partial charge in [0.25, 0.3) is 11.6 Å². The van der Waals surface area contributed by atoms with Gasteiger partial charge in [0.1, 0.15) is 18.4 Å². The highest BCUT2D eigenvalue weighted by molar-refractivity contribution is 6.31. The van der Waals surface area contributed by atoms with Gasteiger partial charge in [-0.1, -0.05) is 11.6 Å². The molecule has 0 N–H and O–H groups in total. The molecule has 29 heavy (non-hydrogen) atoms. The first-order valence-electron chi connectivity index (χ1n) is 8.95. The topological polar surface area (TPSA) is 99.0 Å². The number of methoxy groups -OCH3 is 1. The molecule has 9 heteroatoms. The van der Waals surface area contributed by atoms with Crippen LogP contribution in [0.15, 0.2) is 42.5 Å². The van der Waals surface area contributed by atoms with Crippen LogP contribution in [0, 0.1) is 10.1 Å². The Balaban J connectivity index is 1.68. The van der Waals surface area contributed by atoms with Gasteiger partial charge in [-0.15, -0.1) is 0 Å². The van der Waals surface area contributed by atoms with E-state index in [1.807, 2.05) is 0 Å². The van der Waals surface area contributed by atoms with E-state index in [-0.39, 0.29) is 23.8 Å². The number of nitrogens with zero attached hydrogens (tertiary/aromatic N) is 2. The zero-order valence-electron chi connectivity index (χ0n) is 15.7. The molecule has 1 fully saturated rings. The molecule has 0 aromatic heterocycles. The summed E-state index contributed by atoms with van der Waals surface area (Å²) < 4.78 is 10.6. The summed E-state index contributed by atoms with van der Waals surface area (Å²) in [5.41, 5.74) is 0.870. The molecule has 1 atom stereocenters.